The van der Waals surface area contributed by atoms with Gasteiger partial charge < -0.3 is 4.74 Å². The van der Waals surface area contributed by atoms with E-state index >= 15 is 0 Å². The SMILES string of the molecule is CCOC(=O)Cc1cc(CC)c(C#N)cc1CCl. The Hall–Kier alpha value is -1.53. The summed E-state index contributed by atoms with van der Waals surface area (Å²) in [5.41, 5.74) is 3.23. The minimum Gasteiger partial charge on any atom is -0.466 e. The lowest BCUT2D eigenvalue weighted by molar-refractivity contribution is -0.142. The molecule has 0 N–H and O–H groups in total. The van der Waals surface area contributed by atoms with Gasteiger partial charge in [0.1, 0.15) is 0 Å². The van der Waals surface area contributed by atoms with Crippen molar-refractivity contribution in [1.82, 2.24) is 0 Å². The molecule has 18 heavy (non-hydrogen) atoms. The van der Waals surface area contributed by atoms with E-state index in [-0.39, 0.29) is 18.3 Å². The van der Waals surface area contributed by atoms with Crippen LogP contribution in [0.2, 0.25) is 0 Å². The van der Waals surface area contributed by atoms with Gasteiger partial charge in [0.25, 0.3) is 0 Å². The van der Waals surface area contributed by atoms with Crippen molar-refractivity contribution >= 4 is 17.6 Å². The maximum Gasteiger partial charge on any atom is 0.310 e. The van der Waals surface area contributed by atoms with Crippen LogP contribution < -0.4 is 0 Å². The average molecular weight is 266 g/mol. The summed E-state index contributed by atoms with van der Waals surface area (Å²) >= 11 is 5.86. The van der Waals surface area contributed by atoms with Gasteiger partial charge in [-0.1, -0.05) is 13.0 Å². The van der Waals surface area contributed by atoms with Gasteiger partial charge in [-0.25, -0.2) is 0 Å². The van der Waals surface area contributed by atoms with E-state index in [2.05, 4.69) is 6.07 Å². The van der Waals surface area contributed by atoms with Crippen LogP contribution in [0.4, 0.5) is 0 Å². The van der Waals surface area contributed by atoms with Gasteiger partial charge in [-0.15, -0.1) is 11.6 Å². The highest BCUT2D eigenvalue weighted by Gasteiger charge is 2.12. The topological polar surface area (TPSA) is 50.1 Å². The van der Waals surface area contributed by atoms with E-state index in [0.717, 1.165) is 23.1 Å². The predicted molar refractivity (Wildman–Crippen MR) is 70.4 cm³/mol. The van der Waals surface area contributed by atoms with Crippen LogP contribution in [0.3, 0.4) is 0 Å². The van der Waals surface area contributed by atoms with Crippen molar-refractivity contribution in [3.05, 3.63) is 34.4 Å². The molecule has 0 aliphatic rings. The monoisotopic (exact) mass is 265 g/mol. The Morgan fingerprint density at radius 3 is 2.56 bits per heavy atom. The number of benzene rings is 1. The van der Waals surface area contributed by atoms with Gasteiger partial charge in [-0.05, 0) is 36.1 Å². The Bertz CT molecular complexity index is 477. The minimum atomic E-state index is -0.268. The van der Waals surface area contributed by atoms with Gasteiger partial charge in [-0.2, -0.15) is 5.26 Å². The summed E-state index contributed by atoms with van der Waals surface area (Å²) in [4.78, 5) is 11.5. The van der Waals surface area contributed by atoms with Crippen LogP contribution >= 0.6 is 11.6 Å². The highest BCUT2D eigenvalue weighted by atomic mass is 35.5. The summed E-state index contributed by atoms with van der Waals surface area (Å²) in [6, 6.07) is 5.80. The molecule has 0 atom stereocenters. The maximum atomic E-state index is 11.5. The highest BCUT2D eigenvalue weighted by Crippen LogP contribution is 2.20. The Morgan fingerprint density at radius 1 is 1.33 bits per heavy atom. The third kappa shape index (κ3) is 3.48. The third-order valence-electron chi connectivity index (χ3n) is 2.71. The molecular formula is C14H16ClNO2. The smallest absolute Gasteiger partial charge is 0.310 e. The second-order valence-electron chi connectivity index (χ2n) is 3.86. The van der Waals surface area contributed by atoms with Crippen LogP contribution in [0.15, 0.2) is 12.1 Å². The van der Waals surface area contributed by atoms with Gasteiger partial charge in [0.2, 0.25) is 0 Å². The van der Waals surface area contributed by atoms with Crippen LogP contribution in [0.25, 0.3) is 0 Å². The van der Waals surface area contributed by atoms with Crippen LogP contribution in [0, 0.1) is 11.3 Å². The van der Waals surface area contributed by atoms with Crippen molar-refractivity contribution in [3.8, 4) is 6.07 Å². The number of nitriles is 1. The van der Waals surface area contributed by atoms with E-state index in [9.17, 15) is 4.79 Å². The fourth-order valence-electron chi connectivity index (χ4n) is 1.79. The Labute approximate surface area is 112 Å². The lowest BCUT2D eigenvalue weighted by atomic mass is 9.96. The first-order valence-electron chi connectivity index (χ1n) is 5.92. The largest absolute Gasteiger partial charge is 0.466 e. The number of ether oxygens (including phenoxy) is 1. The Kier molecular flexibility index (Phi) is 5.67. The summed E-state index contributed by atoms with van der Waals surface area (Å²) in [5, 5.41) is 9.04. The van der Waals surface area contributed by atoms with Crippen molar-refractivity contribution in [2.24, 2.45) is 0 Å². The van der Waals surface area contributed by atoms with Crippen molar-refractivity contribution in [2.75, 3.05) is 6.61 Å². The molecule has 4 heteroatoms. The second-order valence-corrected chi connectivity index (χ2v) is 4.13. The zero-order valence-electron chi connectivity index (χ0n) is 10.6. The molecule has 0 saturated heterocycles. The van der Waals surface area contributed by atoms with Gasteiger partial charge in [0.15, 0.2) is 0 Å². The zero-order chi connectivity index (χ0) is 13.5. The summed E-state index contributed by atoms with van der Waals surface area (Å²) in [7, 11) is 0. The van der Waals surface area contributed by atoms with Crippen LogP contribution in [-0.4, -0.2) is 12.6 Å². The van der Waals surface area contributed by atoms with Gasteiger partial charge in [0.05, 0.1) is 24.7 Å². The van der Waals surface area contributed by atoms with E-state index in [0.29, 0.717) is 12.2 Å². The lowest BCUT2D eigenvalue weighted by Crippen LogP contribution is -2.10. The first-order chi connectivity index (χ1) is 8.65. The first kappa shape index (κ1) is 14.5. The van der Waals surface area contributed by atoms with Crippen LogP contribution in [0.1, 0.15) is 36.1 Å². The predicted octanol–water partition coefficient (Wildman–Crippen LogP) is 2.97. The second kappa shape index (κ2) is 7.03. The first-order valence-corrected chi connectivity index (χ1v) is 6.46. The van der Waals surface area contributed by atoms with Crippen LogP contribution in [-0.2, 0) is 28.3 Å². The molecule has 0 heterocycles. The third-order valence-corrected chi connectivity index (χ3v) is 3.00. The summed E-state index contributed by atoms with van der Waals surface area (Å²) in [6.07, 6.45) is 0.954. The Morgan fingerprint density at radius 2 is 2.06 bits per heavy atom. The number of hydrogen-bond acceptors (Lipinski definition) is 3. The molecule has 0 bridgehead atoms. The average Bonchev–Trinajstić information content (AvgIpc) is 2.38. The molecule has 0 aromatic heterocycles. The number of aryl methyl sites for hydroxylation is 1. The van der Waals surface area contributed by atoms with Gasteiger partial charge in [0, 0.05) is 5.88 Å². The van der Waals surface area contributed by atoms with E-state index < -0.39 is 0 Å². The number of rotatable bonds is 5. The molecule has 1 rings (SSSR count). The minimum absolute atomic E-state index is 0.203. The van der Waals surface area contributed by atoms with E-state index in [1.54, 1.807) is 13.0 Å². The molecule has 0 aliphatic carbocycles. The number of alkyl halides is 1. The van der Waals surface area contributed by atoms with Gasteiger partial charge >= 0.3 is 5.97 Å². The molecule has 3 nitrogen and oxygen atoms in total. The van der Waals surface area contributed by atoms with Gasteiger partial charge in [-0.3, -0.25) is 4.79 Å². The van der Waals surface area contributed by atoms with Crippen molar-refractivity contribution in [1.29, 1.82) is 5.26 Å². The summed E-state index contributed by atoms with van der Waals surface area (Å²) in [6.45, 7) is 4.12. The van der Waals surface area contributed by atoms with Crippen molar-refractivity contribution in [3.63, 3.8) is 0 Å². The van der Waals surface area contributed by atoms with Crippen LogP contribution in [0.5, 0.6) is 0 Å². The zero-order valence-corrected chi connectivity index (χ0v) is 11.4. The molecule has 1 aromatic rings. The molecule has 0 radical (unpaired) electrons. The molecule has 0 spiro atoms. The number of hydrogen-bond donors (Lipinski definition) is 0. The lowest BCUT2D eigenvalue weighted by Gasteiger charge is -2.10. The molecule has 96 valence electrons. The summed E-state index contributed by atoms with van der Waals surface area (Å²) in [5.74, 6) is 0.0172. The van der Waals surface area contributed by atoms with Crippen molar-refractivity contribution < 1.29 is 9.53 Å². The fourth-order valence-corrected chi connectivity index (χ4v) is 2.04. The number of nitrogens with zero attached hydrogens (tertiary/aromatic N) is 1. The normalized spacial score (nSPS) is 9.89. The van der Waals surface area contributed by atoms with E-state index in [4.69, 9.17) is 21.6 Å². The quantitative estimate of drug-likeness (QED) is 0.607. The summed E-state index contributed by atoms with van der Waals surface area (Å²) < 4.78 is 4.93. The molecule has 0 fully saturated rings. The molecular weight excluding hydrogens is 250 g/mol. The standard InChI is InChI=1S/C14H16ClNO2/c1-3-10-5-11(7-14(17)18-4-2)12(8-15)6-13(10)9-16/h5-6H,3-4,7-8H2,1-2H3. The van der Waals surface area contributed by atoms with E-state index in [1.165, 1.54) is 0 Å². The van der Waals surface area contributed by atoms with Crippen molar-refractivity contribution in [2.45, 2.75) is 32.6 Å². The number of esters is 1. The maximum absolute atomic E-state index is 11.5. The number of carbonyl (C=O) groups excluding carboxylic acids is 1. The van der Waals surface area contributed by atoms with E-state index in [1.807, 2.05) is 13.0 Å². The molecule has 0 saturated carbocycles. The number of carbonyl (C=O) groups is 1. The fraction of sp³-hybridized carbons (Fsp3) is 0.429. The molecule has 0 aliphatic heterocycles. The molecule has 0 amide bonds. The Balaban J connectivity index is 3.10. The molecule has 1 aromatic carbocycles. The molecule has 0 unspecified atom stereocenters. The highest BCUT2D eigenvalue weighted by molar-refractivity contribution is 6.17. The number of halogens is 1.